The third-order valence-corrected chi connectivity index (χ3v) is 8.92. The molecule has 0 atom stereocenters. The highest BCUT2D eigenvalue weighted by Crippen LogP contribution is 2.51. The van der Waals surface area contributed by atoms with Crippen LogP contribution >= 0.6 is 0 Å². The molecule has 1 aromatic heterocycles. The van der Waals surface area contributed by atoms with E-state index in [9.17, 15) is 36.6 Å². The molecule has 2 N–H and O–H groups in total. The predicted octanol–water partition coefficient (Wildman–Crippen LogP) is 8.25. The fourth-order valence-corrected chi connectivity index (χ4v) is 6.13. The summed E-state index contributed by atoms with van der Waals surface area (Å²) in [5.74, 6) is -5.46. The van der Waals surface area contributed by atoms with Crippen molar-refractivity contribution in [2.45, 2.75) is 71.3 Å². The molecule has 0 amide bonds. The first kappa shape index (κ1) is 35.4. The third kappa shape index (κ3) is 7.88. The van der Waals surface area contributed by atoms with E-state index in [0.717, 1.165) is 18.5 Å². The van der Waals surface area contributed by atoms with E-state index in [2.05, 4.69) is 11.8 Å². The van der Waals surface area contributed by atoms with Gasteiger partial charge in [0.1, 0.15) is 11.6 Å². The number of ether oxygens (including phenoxy) is 1. The van der Waals surface area contributed by atoms with Crippen LogP contribution in [0, 0.1) is 59.1 Å². The fraction of sp³-hybridized carbons (Fsp3) is 0.351. The Labute approximate surface area is 278 Å². The van der Waals surface area contributed by atoms with Gasteiger partial charge >= 0.3 is 11.9 Å². The van der Waals surface area contributed by atoms with E-state index in [4.69, 9.17) is 9.84 Å². The normalized spacial score (nSPS) is 13.3. The van der Waals surface area contributed by atoms with Crippen LogP contribution in [0.3, 0.4) is 0 Å². The summed E-state index contributed by atoms with van der Waals surface area (Å²) in [4.78, 5) is 22.8. The van der Waals surface area contributed by atoms with E-state index in [1.54, 1.807) is 30.3 Å². The molecule has 1 aliphatic rings. The zero-order chi connectivity index (χ0) is 35.5. The molecule has 49 heavy (non-hydrogen) atoms. The van der Waals surface area contributed by atoms with Crippen LogP contribution in [0.4, 0.5) is 26.3 Å². The monoisotopic (exact) mass is 685 g/mol. The van der Waals surface area contributed by atoms with Gasteiger partial charge in [-0.05, 0) is 99.2 Å². The van der Waals surface area contributed by atoms with Crippen LogP contribution < -0.4 is 4.74 Å². The smallest absolute Gasteiger partial charge is 0.303 e. The molecule has 0 radical (unpaired) electrons. The van der Waals surface area contributed by atoms with Gasteiger partial charge in [0.15, 0.2) is 23.3 Å². The van der Waals surface area contributed by atoms with Crippen LogP contribution in [0.25, 0.3) is 10.9 Å². The number of fused-ring (bicyclic) bond motifs is 1. The van der Waals surface area contributed by atoms with E-state index in [1.165, 1.54) is 6.07 Å². The minimum Gasteiger partial charge on any atom is -0.494 e. The van der Waals surface area contributed by atoms with Gasteiger partial charge in [-0.25, -0.2) is 26.3 Å². The number of carboxylic acid groups (broad SMARTS) is 2. The average molecular weight is 686 g/mol. The van der Waals surface area contributed by atoms with Crippen molar-refractivity contribution in [1.29, 1.82) is 0 Å². The molecular formula is C37H33F6NO5. The average Bonchev–Trinajstić information content (AvgIpc) is 3.76. The lowest BCUT2D eigenvalue weighted by molar-refractivity contribution is -0.139. The molecule has 0 saturated heterocycles. The number of aliphatic carboxylic acids is 2. The molecule has 1 saturated carbocycles. The number of unbranched alkanes of at least 4 members (excludes halogenated alkanes) is 1. The number of nitrogens with zero attached hydrogens (tertiary/aromatic N) is 1. The first-order valence-electron chi connectivity index (χ1n) is 15.8. The van der Waals surface area contributed by atoms with Gasteiger partial charge in [0.2, 0.25) is 5.82 Å². The number of hydrogen-bond acceptors (Lipinski definition) is 3. The molecule has 1 aliphatic carbocycles. The molecule has 0 aliphatic heterocycles. The number of carboxylic acids is 2. The van der Waals surface area contributed by atoms with Crippen molar-refractivity contribution in [1.82, 2.24) is 4.57 Å². The van der Waals surface area contributed by atoms with Crippen molar-refractivity contribution in [2.24, 2.45) is 5.41 Å². The minimum atomic E-state index is -2.19. The number of halogens is 6. The Morgan fingerprint density at radius 2 is 1.43 bits per heavy atom. The Hall–Kier alpha value is -4.92. The summed E-state index contributed by atoms with van der Waals surface area (Å²) in [6.45, 7) is 2.33. The first-order valence-corrected chi connectivity index (χ1v) is 15.8. The summed E-state index contributed by atoms with van der Waals surface area (Å²) in [6.07, 6.45) is 2.05. The molecule has 0 spiro atoms. The lowest BCUT2D eigenvalue weighted by Gasteiger charge is -2.17. The highest BCUT2D eigenvalue weighted by molar-refractivity contribution is 5.91. The number of rotatable bonds is 14. The predicted molar refractivity (Wildman–Crippen MR) is 168 cm³/mol. The topological polar surface area (TPSA) is 88.8 Å². The van der Waals surface area contributed by atoms with Gasteiger partial charge in [0.25, 0.3) is 0 Å². The number of aryl methyl sites for hydroxylation is 1. The van der Waals surface area contributed by atoms with Crippen LogP contribution in [0.15, 0.2) is 36.4 Å². The van der Waals surface area contributed by atoms with Crippen molar-refractivity contribution >= 4 is 22.8 Å². The molecule has 0 unspecified atom stereocenters. The fourth-order valence-electron chi connectivity index (χ4n) is 6.13. The summed E-state index contributed by atoms with van der Waals surface area (Å²) >= 11 is 0. The Kier molecular flexibility index (Phi) is 10.6. The second kappa shape index (κ2) is 14.7. The van der Waals surface area contributed by atoms with Gasteiger partial charge in [-0.1, -0.05) is 11.8 Å². The molecule has 12 heteroatoms. The van der Waals surface area contributed by atoms with Gasteiger partial charge < -0.3 is 19.5 Å². The van der Waals surface area contributed by atoms with E-state index in [-0.39, 0.29) is 38.7 Å². The summed E-state index contributed by atoms with van der Waals surface area (Å²) in [6, 6.07) is 9.61. The standard InChI is InChI=1S/C37H33F6NO5/c1-21-25(6-4-7-28(45)46)30-27(38)15-12-23(36(30)44(21)20-37(16-17-37)19-29(47)48)11-8-22-9-13-24(14-10-22)49-18-3-2-5-26-31(39)33(41)35(43)34(42)32(26)40/h9-10,12-15H,2-7,16-20H2,1H3,(H,45,46)(H,47,48). The van der Waals surface area contributed by atoms with Crippen LogP contribution in [-0.2, 0) is 29.0 Å². The molecule has 258 valence electrons. The maximum atomic E-state index is 15.4. The van der Waals surface area contributed by atoms with Crippen LogP contribution in [-0.4, -0.2) is 33.3 Å². The number of carbonyl (C=O) groups is 2. The molecule has 6 nitrogen and oxygen atoms in total. The SMILES string of the molecule is Cc1c(CCCC(=O)O)c2c(F)ccc(C#Cc3ccc(OCCCCc4c(F)c(F)c(F)c(F)c4F)cc3)c2n1CC1(CC(=O)O)CC1. The van der Waals surface area contributed by atoms with Crippen LogP contribution in [0.5, 0.6) is 5.75 Å². The zero-order valence-electron chi connectivity index (χ0n) is 26.6. The van der Waals surface area contributed by atoms with Crippen molar-refractivity contribution in [3.05, 3.63) is 99.2 Å². The zero-order valence-corrected chi connectivity index (χ0v) is 26.6. The number of benzene rings is 3. The van der Waals surface area contributed by atoms with Crippen LogP contribution in [0.1, 0.15) is 72.9 Å². The van der Waals surface area contributed by atoms with E-state index in [0.29, 0.717) is 52.7 Å². The Balaban J connectivity index is 1.31. The van der Waals surface area contributed by atoms with Gasteiger partial charge in [0, 0.05) is 40.7 Å². The molecule has 3 aromatic carbocycles. The van der Waals surface area contributed by atoms with Crippen molar-refractivity contribution in [3.8, 4) is 17.6 Å². The Morgan fingerprint density at radius 3 is 2.04 bits per heavy atom. The highest BCUT2D eigenvalue weighted by Gasteiger charge is 2.45. The minimum absolute atomic E-state index is 0.0173. The lowest BCUT2D eigenvalue weighted by atomic mass is 10.0. The molecule has 1 heterocycles. The lowest BCUT2D eigenvalue weighted by Crippen LogP contribution is -2.17. The maximum absolute atomic E-state index is 15.4. The molecule has 1 fully saturated rings. The quantitative estimate of drug-likeness (QED) is 0.0459. The summed E-state index contributed by atoms with van der Waals surface area (Å²) < 4.78 is 90.8. The highest BCUT2D eigenvalue weighted by atomic mass is 19.2. The van der Waals surface area contributed by atoms with E-state index >= 15 is 4.39 Å². The first-order chi connectivity index (χ1) is 23.3. The second-order valence-corrected chi connectivity index (χ2v) is 12.4. The maximum Gasteiger partial charge on any atom is 0.303 e. The summed E-state index contributed by atoms with van der Waals surface area (Å²) in [5, 5.41) is 19.0. The van der Waals surface area contributed by atoms with E-state index in [1.807, 2.05) is 11.5 Å². The number of aromatic nitrogens is 1. The van der Waals surface area contributed by atoms with Gasteiger partial charge in [-0.2, -0.15) is 0 Å². The molecule has 4 aromatic rings. The second-order valence-electron chi connectivity index (χ2n) is 12.4. The Bertz CT molecular complexity index is 1940. The third-order valence-electron chi connectivity index (χ3n) is 8.92. The van der Waals surface area contributed by atoms with Gasteiger partial charge in [-0.3, -0.25) is 9.59 Å². The van der Waals surface area contributed by atoms with Gasteiger partial charge in [-0.15, -0.1) is 0 Å². The van der Waals surface area contributed by atoms with E-state index < -0.39 is 57.8 Å². The summed E-state index contributed by atoms with van der Waals surface area (Å²) in [5.41, 5.74) is 1.80. The molecule has 5 rings (SSSR count). The van der Waals surface area contributed by atoms with Crippen molar-refractivity contribution in [3.63, 3.8) is 0 Å². The largest absolute Gasteiger partial charge is 0.494 e. The molecular weight excluding hydrogens is 652 g/mol. The molecule has 0 bridgehead atoms. The van der Waals surface area contributed by atoms with Crippen molar-refractivity contribution in [2.75, 3.05) is 6.61 Å². The number of hydrogen-bond donors (Lipinski definition) is 2. The van der Waals surface area contributed by atoms with Crippen LogP contribution in [0.2, 0.25) is 0 Å². The summed E-state index contributed by atoms with van der Waals surface area (Å²) in [7, 11) is 0. The Morgan fingerprint density at radius 1 is 0.796 bits per heavy atom. The van der Waals surface area contributed by atoms with Crippen molar-refractivity contribution < 1.29 is 50.9 Å². The van der Waals surface area contributed by atoms with Gasteiger partial charge in [0.05, 0.1) is 18.5 Å².